The van der Waals surface area contributed by atoms with Gasteiger partial charge in [-0.1, -0.05) is 6.92 Å². The molecular weight excluding hydrogens is 188 g/mol. The van der Waals surface area contributed by atoms with Gasteiger partial charge in [-0.15, -0.1) is 0 Å². The van der Waals surface area contributed by atoms with Crippen LogP contribution in [0.3, 0.4) is 0 Å². The number of nitrogens with one attached hydrogen (secondary N) is 1. The van der Waals surface area contributed by atoms with Crippen molar-refractivity contribution in [3.63, 3.8) is 0 Å². The van der Waals surface area contributed by atoms with Gasteiger partial charge in [0, 0.05) is 24.5 Å². The van der Waals surface area contributed by atoms with Crippen molar-refractivity contribution in [2.24, 2.45) is 11.3 Å². The van der Waals surface area contributed by atoms with Crippen molar-refractivity contribution in [3.8, 4) is 0 Å². The van der Waals surface area contributed by atoms with Crippen LogP contribution in [0.5, 0.6) is 0 Å². The van der Waals surface area contributed by atoms with Crippen LogP contribution in [-0.4, -0.2) is 50.3 Å². The van der Waals surface area contributed by atoms with Gasteiger partial charge in [-0.3, -0.25) is 0 Å². The molecule has 3 aliphatic heterocycles. The molecule has 1 N–H and O–H groups in total. The molecule has 3 saturated heterocycles. The Bertz CT molecular complexity index is 240. The van der Waals surface area contributed by atoms with E-state index in [-0.39, 0.29) is 0 Å². The molecule has 3 rings (SSSR count). The molecule has 0 amide bonds. The fourth-order valence-electron chi connectivity index (χ4n) is 3.15. The molecule has 3 unspecified atom stereocenters. The average molecular weight is 210 g/mol. The summed E-state index contributed by atoms with van der Waals surface area (Å²) in [7, 11) is 0. The summed E-state index contributed by atoms with van der Waals surface area (Å²) in [5.74, 6) is 0.920. The maximum absolute atomic E-state index is 5.29. The van der Waals surface area contributed by atoms with E-state index >= 15 is 0 Å². The molecular formula is C12H22N2O. The Morgan fingerprint density at radius 3 is 2.87 bits per heavy atom. The fraction of sp³-hybridized carbons (Fsp3) is 1.00. The van der Waals surface area contributed by atoms with Gasteiger partial charge in [-0.2, -0.15) is 0 Å². The normalized spacial score (nSPS) is 42.6. The highest BCUT2D eigenvalue weighted by Crippen LogP contribution is 2.29. The van der Waals surface area contributed by atoms with Crippen LogP contribution in [0.25, 0.3) is 0 Å². The van der Waals surface area contributed by atoms with Crippen LogP contribution < -0.4 is 5.32 Å². The molecule has 0 aliphatic carbocycles. The van der Waals surface area contributed by atoms with Crippen molar-refractivity contribution in [3.05, 3.63) is 0 Å². The molecule has 86 valence electrons. The largest absolute Gasteiger partial charge is 0.380 e. The van der Waals surface area contributed by atoms with E-state index < -0.39 is 0 Å². The highest BCUT2D eigenvalue weighted by molar-refractivity contribution is 4.93. The van der Waals surface area contributed by atoms with Gasteiger partial charge >= 0.3 is 0 Å². The number of hydrogen-bond donors (Lipinski definition) is 1. The van der Waals surface area contributed by atoms with Crippen LogP contribution >= 0.6 is 0 Å². The minimum absolute atomic E-state index is 0.426. The average Bonchev–Trinajstić information content (AvgIpc) is 2.57. The van der Waals surface area contributed by atoms with Crippen molar-refractivity contribution >= 4 is 0 Å². The highest BCUT2D eigenvalue weighted by Gasteiger charge is 2.37. The third-order valence-electron chi connectivity index (χ3n) is 4.33. The lowest BCUT2D eigenvalue weighted by Gasteiger charge is -2.41. The summed E-state index contributed by atoms with van der Waals surface area (Å²) in [6.45, 7) is 9.35. The number of piperidine rings is 1. The topological polar surface area (TPSA) is 24.5 Å². The molecule has 0 aromatic heterocycles. The van der Waals surface area contributed by atoms with E-state index in [1.165, 1.54) is 32.5 Å². The van der Waals surface area contributed by atoms with Gasteiger partial charge < -0.3 is 15.0 Å². The second kappa shape index (κ2) is 3.72. The van der Waals surface area contributed by atoms with Crippen LogP contribution in [0.2, 0.25) is 0 Å². The summed E-state index contributed by atoms with van der Waals surface area (Å²) in [5, 5.41) is 3.79. The first-order valence-corrected chi connectivity index (χ1v) is 6.29. The van der Waals surface area contributed by atoms with Crippen molar-refractivity contribution in [1.82, 2.24) is 10.2 Å². The smallest absolute Gasteiger partial charge is 0.0554 e. The van der Waals surface area contributed by atoms with E-state index in [1.54, 1.807) is 0 Å². The van der Waals surface area contributed by atoms with E-state index in [0.29, 0.717) is 5.41 Å². The Morgan fingerprint density at radius 2 is 2.13 bits per heavy atom. The summed E-state index contributed by atoms with van der Waals surface area (Å²) < 4.78 is 5.29. The minimum Gasteiger partial charge on any atom is -0.380 e. The van der Waals surface area contributed by atoms with Crippen molar-refractivity contribution < 1.29 is 4.74 Å². The molecule has 3 fully saturated rings. The lowest BCUT2D eigenvalue weighted by atomic mass is 9.87. The van der Waals surface area contributed by atoms with E-state index in [2.05, 4.69) is 17.1 Å². The van der Waals surface area contributed by atoms with Crippen molar-refractivity contribution in [2.75, 3.05) is 39.4 Å². The van der Waals surface area contributed by atoms with Crippen LogP contribution in [-0.2, 0) is 4.74 Å². The molecule has 15 heavy (non-hydrogen) atoms. The lowest BCUT2D eigenvalue weighted by molar-refractivity contribution is -0.101. The fourth-order valence-corrected chi connectivity index (χ4v) is 3.15. The van der Waals surface area contributed by atoms with Gasteiger partial charge in [0.15, 0.2) is 0 Å². The first kappa shape index (κ1) is 10.1. The molecule has 3 nitrogen and oxygen atoms in total. The first-order chi connectivity index (χ1) is 7.25. The molecule has 0 aromatic carbocycles. The van der Waals surface area contributed by atoms with Gasteiger partial charge in [0.2, 0.25) is 0 Å². The Balaban J connectivity index is 1.50. The standard InChI is InChI=1S/C12H22N2O/c1-12(8-15-9-12)7-13-11-3-5-14-4-2-10(11)6-14/h10-11,13H,2-9H2,1H3. The monoisotopic (exact) mass is 210 g/mol. The number of fused-ring (bicyclic) bond motifs is 2. The molecule has 0 saturated carbocycles. The van der Waals surface area contributed by atoms with Gasteiger partial charge in [-0.05, 0) is 31.8 Å². The zero-order valence-electron chi connectivity index (χ0n) is 9.67. The van der Waals surface area contributed by atoms with Gasteiger partial charge in [0.05, 0.1) is 13.2 Å². The molecule has 3 heteroatoms. The molecule has 3 aliphatic rings. The first-order valence-electron chi connectivity index (χ1n) is 6.29. The molecule has 2 bridgehead atoms. The zero-order chi connectivity index (χ0) is 10.3. The Hall–Kier alpha value is -0.120. The lowest BCUT2D eigenvalue weighted by Crippen LogP contribution is -2.52. The SMILES string of the molecule is CC1(CNC2CCN3CCC2C3)COC1. The Morgan fingerprint density at radius 1 is 1.33 bits per heavy atom. The Labute approximate surface area is 92.2 Å². The second-order valence-electron chi connectivity index (χ2n) is 5.93. The van der Waals surface area contributed by atoms with E-state index in [0.717, 1.165) is 31.7 Å². The minimum atomic E-state index is 0.426. The van der Waals surface area contributed by atoms with Gasteiger partial charge in [-0.25, -0.2) is 0 Å². The number of ether oxygens (including phenoxy) is 1. The Kier molecular flexibility index (Phi) is 2.49. The van der Waals surface area contributed by atoms with Crippen LogP contribution in [0.4, 0.5) is 0 Å². The second-order valence-corrected chi connectivity index (χ2v) is 5.93. The molecule has 0 radical (unpaired) electrons. The molecule has 0 spiro atoms. The van der Waals surface area contributed by atoms with Crippen LogP contribution in [0.1, 0.15) is 19.8 Å². The van der Waals surface area contributed by atoms with Crippen LogP contribution in [0.15, 0.2) is 0 Å². The predicted octanol–water partition coefficient (Wildman–Crippen LogP) is 0.707. The van der Waals surface area contributed by atoms with E-state index in [9.17, 15) is 0 Å². The summed E-state index contributed by atoms with van der Waals surface area (Å²) >= 11 is 0. The molecule has 0 aromatic rings. The highest BCUT2D eigenvalue weighted by atomic mass is 16.5. The summed E-state index contributed by atoms with van der Waals surface area (Å²) in [6.07, 6.45) is 2.76. The van der Waals surface area contributed by atoms with Crippen LogP contribution in [0, 0.1) is 11.3 Å². The maximum atomic E-state index is 5.29. The number of nitrogens with zero attached hydrogens (tertiary/aromatic N) is 1. The van der Waals surface area contributed by atoms with Crippen molar-refractivity contribution in [1.29, 1.82) is 0 Å². The third-order valence-corrected chi connectivity index (χ3v) is 4.33. The van der Waals surface area contributed by atoms with Gasteiger partial charge in [0.25, 0.3) is 0 Å². The number of hydrogen-bond acceptors (Lipinski definition) is 3. The summed E-state index contributed by atoms with van der Waals surface area (Å²) in [4.78, 5) is 2.61. The van der Waals surface area contributed by atoms with Gasteiger partial charge in [0.1, 0.15) is 0 Å². The maximum Gasteiger partial charge on any atom is 0.0554 e. The van der Waals surface area contributed by atoms with E-state index in [4.69, 9.17) is 4.74 Å². The number of rotatable bonds is 3. The van der Waals surface area contributed by atoms with E-state index in [1.807, 2.05) is 0 Å². The third kappa shape index (κ3) is 1.93. The predicted molar refractivity (Wildman–Crippen MR) is 59.9 cm³/mol. The molecule has 3 heterocycles. The van der Waals surface area contributed by atoms with Crippen molar-refractivity contribution in [2.45, 2.75) is 25.8 Å². The summed E-state index contributed by atoms with van der Waals surface area (Å²) in [6, 6.07) is 0.779. The zero-order valence-corrected chi connectivity index (χ0v) is 9.67. The molecule has 3 atom stereocenters. The summed E-state index contributed by atoms with van der Waals surface area (Å²) in [5.41, 5.74) is 0.426. The quantitative estimate of drug-likeness (QED) is 0.742.